The van der Waals surface area contributed by atoms with E-state index >= 15 is 0 Å². The Kier molecular flexibility index (Phi) is 4.27. The maximum atomic E-state index is 5.49. The molecule has 4 rings (SSSR count). The zero-order valence-electron chi connectivity index (χ0n) is 11.9. The van der Waals surface area contributed by atoms with Crippen molar-refractivity contribution in [3.05, 3.63) is 36.2 Å². The lowest BCUT2D eigenvalue weighted by Crippen LogP contribution is -2.30. The molecule has 3 unspecified atom stereocenters. The number of fused-ring (bicyclic) bond motifs is 1. The maximum absolute atomic E-state index is 5.49. The number of halogens is 1. The van der Waals surface area contributed by atoms with Crippen LogP contribution < -0.4 is 5.32 Å². The second kappa shape index (κ2) is 6.16. The topological polar surface area (TPSA) is 51.0 Å². The van der Waals surface area contributed by atoms with E-state index in [1.54, 1.807) is 0 Å². The molecule has 4 nitrogen and oxygen atoms in total. The molecule has 0 bridgehead atoms. The summed E-state index contributed by atoms with van der Waals surface area (Å²) in [5, 5.41) is 7.80. The predicted octanol–water partition coefficient (Wildman–Crippen LogP) is 3.75. The maximum Gasteiger partial charge on any atom is 0.244 e. The van der Waals surface area contributed by atoms with Gasteiger partial charge in [-0.05, 0) is 25.2 Å². The van der Waals surface area contributed by atoms with E-state index in [0.717, 1.165) is 23.8 Å². The van der Waals surface area contributed by atoms with Crippen molar-refractivity contribution in [1.82, 2.24) is 15.5 Å². The molecule has 1 aliphatic carbocycles. The Morgan fingerprint density at radius 2 is 1.90 bits per heavy atom. The fourth-order valence-electron chi connectivity index (χ4n) is 3.59. The molecule has 2 fully saturated rings. The Morgan fingerprint density at radius 3 is 2.71 bits per heavy atom. The second-order valence-corrected chi connectivity index (χ2v) is 5.93. The van der Waals surface area contributed by atoms with Crippen molar-refractivity contribution in [2.24, 2.45) is 5.92 Å². The van der Waals surface area contributed by atoms with Crippen molar-refractivity contribution in [1.29, 1.82) is 0 Å². The molecule has 1 saturated carbocycles. The molecule has 1 aromatic heterocycles. The van der Waals surface area contributed by atoms with E-state index in [-0.39, 0.29) is 18.4 Å². The number of nitrogens with one attached hydrogen (secondary N) is 1. The average molecular weight is 306 g/mol. The minimum Gasteiger partial charge on any atom is -0.337 e. The molecule has 2 aromatic rings. The molecule has 1 aliphatic heterocycles. The van der Waals surface area contributed by atoms with Gasteiger partial charge in [-0.25, -0.2) is 0 Å². The molecule has 1 saturated heterocycles. The van der Waals surface area contributed by atoms with E-state index in [0.29, 0.717) is 11.9 Å². The number of hydrogen-bond acceptors (Lipinski definition) is 4. The van der Waals surface area contributed by atoms with Crippen molar-refractivity contribution >= 4 is 12.4 Å². The van der Waals surface area contributed by atoms with E-state index in [4.69, 9.17) is 4.52 Å². The van der Waals surface area contributed by atoms with Gasteiger partial charge in [0.1, 0.15) is 0 Å². The lowest BCUT2D eigenvalue weighted by molar-refractivity contribution is 0.324. The first-order valence-electron chi connectivity index (χ1n) is 7.55. The summed E-state index contributed by atoms with van der Waals surface area (Å²) >= 11 is 0. The zero-order valence-corrected chi connectivity index (χ0v) is 12.7. The Morgan fingerprint density at radius 1 is 1.10 bits per heavy atom. The molecule has 5 heteroatoms. The van der Waals surface area contributed by atoms with Gasteiger partial charge >= 0.3 is 0 Å². The van der Waals surface area contributed by atoms with Crippen LogP contribution in [-0.4, -0.2) is 16.2 Å². The first kappa shape index (κ1) is 14.5. The highest BCUT2D eigenvalue weighted by Gasteiger charge is 2.38. The molecule has 0 radical (unpaired) electrons. The van der Waals surface area contributed by atoms with Crippen LogP contribution in [0.15, 0.2) is 34.9 Å². The van der Waals surface area contributed by atoms with E-state index < -0.39 is 0 Å². The van der Waals surface area contributed by atoms with Gasteiger partial charge in [0, 0.05) is 11.6 Å². The van der Waals surface area contributed by atoms with Gasteiger partial charge in [-0.2, -0.15) is 4.98 Å². The summed E-state index contributed by atoms with van der Waals surface area (Å²) < 4.78 is 5.49. The van der Waals surface area contributed by atoms with Crippen molar-refractivity contribution < 1.29 is 4.52 Å². The van der Waals surface area contributed by atoms with Gasteiger partial charge in [0.2, 0.25) is 11.7 Å². The monoisotopic (exact) mass is 305 g/mol. The molecule has 21 heavy (non-hydrogen) atoms. The van der Waals surface area contributed by atoms with Gasteiger partial charge in [-0.3, -0.25) is 0 Å². The quantitative estimate of drug-likeness (QED) is 0.918. The largest absolute Gasteiger partial charge is 0.337 e. The first-order valence-corrected chi connectivity index (χ1v) is 7.55. The zero-order chi connectivity index (χ0) is 13.4. The van der Waals surface area contributed by atoms with E-state index in [9.17, 15) is 0 Å². The van der Waals surface area contributed by atoms with Gasteiger partial charge in [-0.1, -0.05) is 48.3 Å². The Bertz CT molecular complexity index is 572. The lowest BCUT2D eigenvalue weighted by atomic mass is 9.85. The molecule has 0 spiro atoms. The molecule has 1 aromatic carbocycles. The van der Waals surface area contributed by atoms with Gasteiger partial charge in [0.15, 0.2) is 0 Å². The van der Waals surface area contributed by atoms with Gasteiger partial charge in [0.25, 0.3) is 0 Å². The normalized spacial score (nSPS) is 27.9. The summed E-state index contributed by atoms with van der Waals surface area (Å²) in [5.74, 6) is 2.23. The highest BCUT2D eigenvalue weighted by molar-refractivity contribution is 5.85. The van der Waals surface area contributed by atoms with Crippen molar-refractivity contribution in [3.8, 4) is 11.4 Å². The summed E-state index contributed by atoms with van der Waals surface area (Å²) in [6.07, 6.45) is 6.49. The van der Waals surface area contributed by atoms with Crippen LogP contribution in [-0.2, 0) is 0 Å². The average Bonchev–Trinajstić information content (AvgIpc) is 3.14. The van der Waals surface area contributed by atoms with Crippen LogP contribution in [0.4, 0.5) is 0 Å². The summed E-state index contributed by atoms with van der Waals surface area (Å²) in [6.45, 7) is 0. The summed E-state index contributed by atoms with van der Waals surface area (Å²) in [6, 6.07) is 10.9. The fraction of sp³-hybridized carbons (Fsp3) is 0.500. The Balaban J connectivity index is 0.00000132. The molecule has 0 amide bonds. The molecule has 3 atom stereocenters. The molecule has 2 aliphatic rings. The lowest BCUT2D eigenvalue weighted by Gasteiger charge is -2.24. The highest BCUT2D eigenvalue weighted by atomic mass is 35.5. The highest BCUT2D eigenvalue weighted by Crippen LogP contribution is 2.38. The summed E-state index contributed by atoms with van der Waals surface area (Å²) in [5.41, 5.74) is 1.01. The minimum absolute atomic E-state index is 0. The predicted molar refractivity (Wildman–Crippen MR) is 83.2 cm³/mol. The van der Waals surface area contributed by atoms with Crippen LogP contribution in [0.1, 0.15) is 44.0 Å². The fourth-order valence-corrected chi connectivity index (χ4v) is 3.59. The van der Waals surface area contributed by atoms with Crippen LogP contribution in [0.3, 0.4) is 0 Å². The van der Waals surface area contributed by atoms with E-state index in [1.807, 2.05) is 30.3 Å². The van der Waals surface area contributed by atoms with Crippen LogP contribution in [0.25, 0.3) is 11.4 Å². The molecule has 1 N–H and O–H groups in total. The Labute approximate surface area is 130 Å². The van der Waals surface area contributed by atoms with Crippen LogP contribution in [0, 0.1) is 5.92 Å². The van der Waals surface area contributed by atoms with E-state index in [1.165, 1.54) is 25.7 Å². The third kappa shape index (κ3) is 2.83. The van der Waals surface area contributed by atoms with Gasteiger partial charge in [-0.15, -0.1) is 12.4 Å². The summed E-state index contributed by atoms with van der Waals surface area (Å²) in [4.78, 5) is 4.58. The van der Waals surface area contributed by atoms with Crippen LogP contribution in [0.2, 0.25) is 0 Å². The molecule has 2 heterocycles. The standard InChI is InChI=1S/C16H19N3O.ClH/c1-2-6-11(7-3-1)15-18-16(20-19-15)14-10-12-8-4-5-9-13(12)17-14;/h1-3,6-7,12-14,17H,4-5,8-10H2;1H. The van der Waals surface area contributed by atoms with Crippen LogP contribution >= 0.6 is 12.4 Å². The van der Waals surface area contributed by atoms with Crippen molar-refractivity contribution in [2.45, 2.75) is 44.2 Å². The number of nitrogens with zero attached hydrogens (tertiary/aromatic N) is 2. The van der Waals surface area contributed by atoms with Crippen molar-refractivity contribution in [3.63, 3.8) is 0 Å². The second-order valence-electron chi connectivity index (χ2n) is 5.93. The number of benzene rings is 1. The van der Waals surface area contributed by atoms with E-state index in [2.05, 4.69) is 15.5 Å². The summed E-state index contributed by atoms with van der Waals surface area (Å²) in [7, 11) is 0. The van der Waals surface area contributed by atoms with Crippen LogP contribution in [0.5, 0.6) is 0 Å². The molecular weight excluding hydrogens is 286 g/mol. The third-order valence-corrected chi connectivity index (χ3v) is 4.63. The minimum atomic E-state index is 0. The number of hydrogen-bond donors (Lipinski definition) is 1. The smallest absolute Gasteiger partial charge is 0.244 e. The van der Waals surface area contributed by atoms with Crippen molar-refractivity contribution in [2.75, 3.05) is 0 Å². The van der Waals surface area contributed by atoms with Gasteiger partial charge < -0.3 is 9.84 Å². The Hall–Kier alpha value is -1.39. The SMILES string of the molecule is Cl.c1ccc(-c2noc(C3CC4CCCCC4N3)n2)cc1. The molecular formula is C16H20ClN3O. The molecule has 112 valence electrons. The first-order chi connectivity index (χ1) is 9.90. The third-order valence-electron chi connectivity index (χ3n) is 4.63. The van der Waals surface area contributed by atoms with Gasteiger partial charge in [0.05, 0.1) is 6.04 Å². The number of rotatable bonds is 2. The number of aromatic nitrogens is 2.